The Labute approximate surface area is 47.8 Å². The monoisotopic (exact) mass is 112 g/mol. The first-order chi connectivity index (χ1) is 3.84. The van der Waals surface area contributed by atoms with Crippen LogP contribution in [0.15, 0.2) is 22.2 Å². The van der Waals surface area contributed by atoms with Crippen molar-refractivity contribution in [2.45, 2.75) is 6.92 Å². The van der Waals surface area contributed by atoms with Crippen LogP contribution in [0.3, 0.4) is 0 Å². The highest BCUT2D eigenvalue weighted by atomic mass is 15.8. The lowest BCUT2D eigenvalue weighted by Gasteiger charge is -2.06. The Morgan fingerprint density at radius 1 is 1.75 bits per heavy atom. The molecule has 1 aliphatic rings. The van der Waals surface area contributed by atoms with Gasteiger partial charge in [-0.25, -0.2) is 0 Å². The van der Waals surface area contributed by atoms with Gasteiger partial charge in [0.2, 0.25) is 0 Å². The third kappa shape index (κ3) is 0.641. The molecule has 4 nitrogen and oxygen atoms in total. The average molecular weight is 112 g/mol. The van der Waals surface area contributed by atoms with Crippen molar-refractivity contribution in [2.24, 2.45) is 10.3 Å². The van der Waals surface area contributed by atoms with Crippen molar-refractivity contribution < 1.29 is 0 Å². The summed E-state index contributed by atoms with van der Waals surface area (Å²) >= 11 is 0. The van der Waals surface area contributed by atoms with E-state index in [4.69, 9.17) is 0 Å². The number of hydrogen-bond donors (Lipinski definition) is 1. The van der Waals surface area contributed by atoms with Crippen molar-refractivity contribution in [3.63, 3.8) is 0 Å². The number of nitrogens with one attached hydrogen (secondary N) is 1. The van der Waals surface area contributed by atoms with Crippen LogP contribution in [0.4, 0.5) is 0 Å². The van der Waals surface area contributed by atoms with Crippen LogP contribution in [0.5, 0.6) is 0 Å². The molecule has 1 heterocycles. The molecular formula is C4H8N4. The summed E-state index contributed by atoms with van der Waals surface area (Å²) in [4.78, 5) is 0. The van der Waals surface area contributed by atoms with Gasteiger partial charge in [-0.2, -0.15) is 5.53 Å². The second kappa shape index (κ2) is 1.81. The van der Waals surface area contributed by atoms with Gasteiger partial charge in [-0.15, -0.1) is 5.11 Å². The van der Waals surface area contributed by atoms with Crippen LogP contribution in [0, 0.1) is 0 Å². The van der Waals surface area contributed by atoms with E-state index in [0.717, 1.165) is 5.82 Å². The minimum atomic E-state index is 0.852. The summed E-state index contributed by atoms with van der Waals surface area (Å²) in [7, 11) is 1.86. The highest BCUT2D eigenvalue weighted by Crippen LogP contribution is 2.04. The first-order valence-electron chi connectivity index (χ1n) is 2.41. The van der Waals surface area contributed by atoms with Gasteiger partial charge in [0.25, 0.3) is 0 Å². The zero-order valence-corrected chi connectivity index (χ0v) is 4.92. The molecule has 0 radical (unpaired) electrons. The van der Waals surface area contributed by atoms with Crippen molar-refractivity contribution >= 4 is 0 Å². The van der Waals surface area contributed by atoms with Gasteiger partial charge < -0.3 is 0 Å². The molecule has 0 aromatic heterocycles. The molecule has 0 aliphatic carbocycles. The summed E-state index contributed by atoms with van der Waals surface area (Å²) in [5.74, 6) is 0.852. The van der Waals surface area contributed by atoms with Crippen molar-refractivity contribution in [1.82, 2.24) is 10.5 Å². The third-order valence-electron chi connectivity index (χ3n) is 0.949. The third-order valence-corrected chi connectivity index (χ3v) is 0.949. The molecule has 0 bridgehead atoms. The Morgan fingerprint density at radius 2 is 2.50 bits per heavy atom. The minimum absolute atomic E-state index is 0.852. The van der Waals surface area contributed by atoms with E-state index >= 15 is 0 Å². The van der Waals surface area contributed by atoms with Crippen LogP contribution >= 0.6 is 0 Å². The highest BCUT2D eigenvalue weighted by molar-refractivity contribution is 4.94. The summed E-state index contributed by atoms with van der Waals surface area (Å²) in [6, 6.07) is 0. The second-order valence-electron chi connectivity index (χ2n) is 1.51. The molecule has 0 saturated carbocycles. The first kappa shape index (κ1) is 5.08. The molecule has 0 saturated heterocycles. The Hall–Kier alpha value is -1.06. The number of nitrogens with zero attached hydrogens (tertiary/aromatic N) is 3. The lowest BCUT2D eigenvalue weighted by Crippen LogP contribution is -2.22. The smallest absolute Gasteiger partial charge is 0.168 e. The van der Waals surface area contributed by atoms with Crippen LogP contribution < -0.4 is 5.53 Å². The number of rotatable bonds is 0. The minimum Gasteiger partial charge on any atom is -0.255 e. The predicted octanol–water partition coefficient (Wildman–Crippen LogP) is 0.665. The molecule has 0 unspecified atom stereocenters. The van der Waals surface area contributed by atoms with Crippen molar-refractivity contribution in [3.05, 3.63) is 11.9 Å². The van der Waals surface area contributed by atoms with E-state index in [-0.39, 0.29) is 0 Å². The second-order valence-corrected chi connectivity index (χ2v) is 1.51. The van der Waals surface area contributed by atoms with Crippen molar-refractivity contribution in [3.8, 4) is 0 Å². The van der Waals surface area contributed by atoms with Gasteiger partial charge in [0.15, 0.2) is 5.82 Å². The molecule has 0 fully saturated rings. The molecule has 4 heteroatoms. The molecule has 44 valence electrons. The standard InChI is InChI=1S/C4H8N4/c1-3-4-5-6-7-8(4)2/h3H,1-2H3,(H,5,7)/b4-3+. The van der Waals surface area contributed by atoms with Gasteiger partial charge in [-0.1, -0.05) is 5.22 Å². The van der Waals surface area contributed by atoms with E-state index in [1.165, 1.54) is 0 Å². The number of hydrazine groups is 1. The number of hydrogen-bond acceptors (Lipinski definition) is 4. The van der Waals surface area contributed by atoms with E-state index in [1.54, 1.807) is 5.01 Å². The maximum absolute atomic E-state index is 3.74. The van der Waals surface area contributed by atoms with E-state index in [9.17, 15) is 0 Å². The largest absolute Gasteiger partial charge is 0.255 e. The van der Waals surface area contributed by atoms with Crippen molar-refractivity contribution in [2.75, 3.05) is 7.05 Å². The fourth-order valence-electron chi connectivity index (χ4n) is 0.510. The maximum atomic E-state index is 3.74. The van der Waals surface area contributed by atoms with Crippen LogP contribution in [0.1, 0.15) is 6.92 Å². The molecule has 0 aromatic rings. The maximum Gasteiger partial charge on any atom is 0.168 e. The van der Waals surface area contributed by atoms with Crippen LogP contribution in [-0.4, -0.2) is 12.1 Å². The Bertz CT molecular complexity index is 137. The van der Waals surface area contributed by atoms with E-state index in [1.807, 2.05) is 20.0 Å². The molecule has 1 aliphatic heterocycles. The van der Waals surface area contributed by atoms with Gasteiger partial charge in [0.05, 0.1) is 0 Å². The Balaban J connectivity index is 2.67. The lowest BCUT2D eigenvalue weighted by molar-refractivity contribution is 0.344. The summed E-state index contributed by atoms with van der Waals surface area (Å²) in [5.41, 5.74) is 2.64. The van der Waals surface area contributed by atoms with Crippen molar-refractivity contribution in [1.29, 1.82) is 0 Å². The molecular weight excluding hydrogens is 104 g/mol. The average Bonchev–Trinajstić information content (AvgIpc) is 2.14. The molecule has 0 atom stereocenters. The first-order valence-corrected chi connectivity index (χ1v) is 2.41. The van der Waals surface area contributed by atoms with E-state index < -0.39 is 0 Å². The Morgan fingerprint density at radius 3 is 2.75 bits per heavy atom. The highest BCUT2D eigenvalue weighted by Gasteiger charge is 2.04. The molecule has 0 amide bonds. The Kier molecular flexibility index (Phi) is 1.15. The van der Waals surface area contributed by atoms with Crippen LogP contribution in [0.25, 0.3) is 0 Å². The molecule has 1 N–H and O–H groups in total. The molecule has 8 heavy (non-hydrogen) atoms. The molecule has 1 rings (SSSR count). The van der Waals surface area contributed by atoms with Gasteiger partial charge >= 0.3 is 0 Å². The topological polar surface area (TPSA) is 40.0 Å². The van der Waals surface area contributed by atoms with Gasteiger partial charge in [-0.05, 0) is 13.0 Å². The van der Waals surface area contributed by atoms with Crippen LogP contribution in [0.2, 0.25) is 0 Å². The normalized spacial score (nSPS) is 22.2. The zero-order valence-electron chi connectivity index (χ0n) is 4.92. The summed E-state index contributed by atoms with van der Waals surface area (Å²) in [5, 5.41) is 9.02. The summed E-state index contributed by atoms with van der Waals surface area (Å²) < 4.78 is 0. The molecule has 0 aromatic carbocycles. The van der Waals surface area contributed by atoms with Gasteiger partial charge in [0.1, 0.15) is 0 Å². The molecule has 0 spiro atoms. The fourth-order valence-corrected chi connectivity index (χ4v) is 0.510. The predicted molar refractivity (Wildman–Crippen MR) is 29.5 cm³/mol. The quantitative estimate of drug-likeness (QED) is 0.500. The van der Waals surface area contributed by atoms with Gasteiger partial charge in [0, 0.05) is 7.05 Å². The van der Waals surface area contributed by atoms with Gasteiger partial charge in [-0.3, -0.25) is 5.01 Å². The van der Waals surface area contributed by atoms with Crippen LogP contribution in [-0.2, 0) is 0 Å². The fraction of sp³-hybridized carbons (Fsp3) is 0.500. The van der Waals surface area contributed by atoms with E-state index in [2.05, 4.69) is 15.9 Å². The van der Waals surface area contributed by atoms with E-state index in [0.29, 0.717) is 0 Å². The number of allylic oxidation sites excluding steroid dienone is 1. The summed E-state index contributed by atoms with van der Waals surface area (Å²) in [6.07, 6.45) is 1.88. The summed E-state index contributed by atoms with van der Waals surface area (Å²) in [6.45, 7) is 1.91. The lowest BCUT2D eigenvalue weighted by atomic mass is 10.6. The SMILES string of the molecule is C/C=C1\N=NNN1C. The zero-order chi connectivity index (χ0) is 5.98.